The normalized spacial score (nSPS) is 9.31. The summed E-state index contributed by atoms with van der Waals surface area (Å²) in [7, 11) is 0. The zero-order chi connectivity index (χ0) is 8.81. The molecule has 0 saturated carbocycles. The maximum Gasteiger partial charge on any atom is 0.115 e. The molecule has 0 aromatic heterocycles. The lowest BCUT2D eigenvalue weighted by atomic mass is 10.3. The second kappa shape index (κ2) is 7.06. The number of hydrogen-bond acceptors (Lipinski definition) is 3. The number of rotatable bonds is 4. The number of hydrogen-bond donors (Lipinski definition) is 2. The van der Waals surface area contributed by atoms with Gasteiger partial charge in [-0.2, -0.15) is 0 Å². The average molecular weight is 220 g/mol. The molecule has 0 amide bonds. The van der Waals surface area contributed by atoms with E-state index >= 15 is 0 Å². The molecule has 0 fully saturated rings. The van der Waals surface area contributed by atoms with Crippen molar-refractivity contribution in [3.63, 3.8) is 0 Å². The minimum absolute atomic E-state index is 0. The summed E-state index contributed by atoms with van der Waals surface area (Å²) in [6, 6.07) is 7.22. The molecule has 4 heteroatoms. The Morgan fingerprint density at radius 2 is 1.85 bits per heavy atom. The van der Waals surface area contributed by atoms with Crippen LogP contribution in [0.4, 0.5) is 0 Å². The van der Waals surface area contributed by atoms with Gasteiger partial charge < -0.3 is 10.8 Å². The maximum absolute atomic E-state index is 9.00. The molecular formula is C9H14ClNOS. The number of phenolic OH excluding ortho intramolecular Hbond substituents is 1. The second-order valence-corrected chi connectivity index (χ2v) is 3.65. The van der Waals surface area contributed by atoms with Gasteiger partial charge in [0.25, 0.3) is 0 Å². The summed E-state index contributed by atoms with van der Waals surface area (Å²) < 4.78 is 0. The molecule has 74 valence electrons. The van der Waals surface area contributed by atoms with Gasteiger partial charge in [0, 0.05) is 4.90 Å². The molecule has 2 nitrogen and oxygen atoms in total. The molecule has 3 N–H and O–H groups in total. The highest BCUT2D eigenvalue weighted by molar-refractivity contribution is 7.99. The van der Waals surface area contributed by atoms with E-state index in [2.05, 4.69) is 0 Å². The van der Waals surface area contributed by atoms with Crippen LogP contribution in [0.25, 0.3) is 0 Å². The average Bonchev–Trinajstić information content (AvgIpc) is 2.09. The third-order valence-electron chi connectivity index (χ3n) is 1.45. The lowest BCUT2D eigenvalue weighted by molar-refractivity contribution is 0.475. The third-order valence-corrected chi connectivity index (χ3v) is 2.55. The van der Waals surface area contributed by atoms with Crippen molar-refractivity contribution >= 4 is 24.2 Å². The fraction of sp³-hybridized carbons (Fsp3) is 0.333. The van der Waals surface area contributed by atoms with E-state index in [0.717, 1.165) is 18.7 Å². The highest BCUT2D eigenvalue weighted by Gasteiger charge is 1.92. The summed E-state index contributed by atoms with van der Waals surface area (Å²) >= 11 is 1.76. The van der Waals surface area contributed by atoms with Crippen LogP contribution in [0.5, 0.6) is 5.75 Å². The number of aromatic hydroxyl groups is 1. The molecule has 0 aliphatic rings. The van der Waals surface area contributed by atoms with Gasteiger partial charge in [-0.3, -0.25) is 0 Å². The van der Waals surface area contributed by atoms with E-state index in [0.29, 0.717) is 5.75 Å². The van der Waals surface area contributed by atoms with Crippen LogP contribution in [0, 0.1) is 0 Å². The smallest absolute Gasteiger partial charge is 0.115 e. The number of nitrogens with two attached hydrogens (primary N) is 1. The Balaban J connectivity index is 0.00000144. The van der Waals surface area contributed by atoms with Gasteiger partial charge in [0.05, 0.1) is 0 Å². The lowest BCUT2D eigenvalue weighted by Gasteiger charge is -1.99. The Bertz CT molecular complexity index is 228. The number of thioether (sulfide) groups is 1. The molecule has 0 saturated heterocycles. The van der Waals surface area contributed by atoms with E-state index in [9.17, 15) is 0 Å². The Kier molecular flexibility index (Phi) is 6.86. The minimum atomic E-state index is 0. The molecular weight excluding hydrogens is 206 g/mol. The van der Waals surface area contributed by atoms with Gasteiger partial charge in [-0.25, -0.2) is 0 Å². The molecule has 1 rings (SSSR count). The predicted octanol–water partition coefficient (Wildman–Crippen LogP) is 2.25. The molecule has 0 unspecified atom stereocenters. The van der Waals surface area contributed by atoms with Gasteiger partial charge in [0.2, 0.25) is 0 Å². The van der Waals surface area contributed by atoms with Crippen LogP contribution in [0.15, 0.2) is 29.2 Å². The van der Waals surface area contributed by atoms with Crippen LogP contribution < -0.4 is 5.73 Å². The Hall–Kier alpha value is -0.380. The van der Waals surface area contributed by atoms with Crippen molar-refractivity contribution in [3.8, 4) is 5.75 Å². The predicted molar refractivity (Wildman–Crippen MR) is 59.8 cm³/mol. The minimum Gasteiger partial charge on any atom is -0.508 e. The quantitative estimate of drug-likeness (QED) is 0.603. The van der Waals surface area contributed by atoms with E-state index < -0.39 is 0 Å². The number of phenols is 1. The SMILES string of the molecule is Cl.NCCCSc1ccc(O)cc1. The third kappa shape index (κ3) is 5.03. The van der Waals surface area contributed by atoms with Gasteiger partial charge in [-0.15, -0.1) is 24.2 Å². The van der Waals surface area contributed by atoms with Crippen molar-refractivity contribution in [2.75, 3.05) is 12.3 Å². The first-order chi connectivity index (χ1) is 5.83. The molecule has 0 radical (unpaired) electrons. The standard InChI is InChI=1S/C9H13NOS.ClH/c10-6-1-7-12-9-4-2-8(11)3-5-9;/h2-5,11H,1,6-7,10H2;1H. The fourth-order valence-corrected chi connectivity index (χ4v) is 1.69. The first-order valence-electron chi connectivity index (χ1n) is 3.95. The fourth-order valence-electron chi connectivity index (χ4n) is 0.816. The summed E-state index contributed by atoms with van der Waals surface area (Å²) in [4.78, 5) is 1.18. The Morgan fingerprint density at radius 1 is 1.23 bits per heavy atom. The van der Waals surface area contributed by atoms with Gasteiger partial charge in [-0.05, 0) is 43.0 Å². The van der Waals surface area contributed by atoms with Crippen LogP contribution in [-0.2, 0) is 0 Å². The van der Waals surface area contributed by atoms with Gasteiger partial charge in [-0.1, -0.05) is 0 Å². The molecule has 0 aliphatic heterocycles. The van der Waals surface area contributed by atoms with Crippen molar-refractivity contribution in [2.45, 2.75) is 11.3 Å². The first-order valence-corrected chi connectivity index (χ1v) is 4.93. The van der Waals surface area contributed by atoms with Crippen LogP contribution >= 0.6 is 24.2 Å². The first kappa shape index (κ1) is 12.6. The van der Waals surface area contributed by atoms with Crippen LogP contribution in [-0.4, -0.2) is 17.4 Å². The zero-order valence-electron chi connectivity index (χ0n) is 7.27. The number of halogens is 1. The molecule has 0 bridgehead atoms. The molecule has 13 heavy (non-hydrogen) atoms. The summed E-state index contributed by atoms with van der Waals surface area (Å²) in [6.45, 7) is 0.741. The van der Waals surface area contributed by atoms with Gasteiger partial charge >= 0.3 is 0 Å². The van der Waals surface area contributed by atoms with Gasteiger partial charge in [0.1, 0.15) is 5.75 Å². The van der Waals surface area contributed by atoms with Gasteiger partial charge in [0.15, 0.2) is 0 Å². The van der Waals surface area contributed by atoms with Crippen molar-refractivity contribution in [1.29, 1.82) is 0 Å². The highest BCUT2D eigenvalue weighted by Crippen LogP contribution is 2.20. The highest BCUT2D eigenvalue weighted by atomic mass is 35.5. The van der Waals surface area contributed by atoms with Crippen LogP contribution in [0.3, 0.4) is 0 Å². The summed E-state index contributed by atoms with van der Waals surface area (Å²) in [5, 5.41) is 9.00. The van der Waals surface area contributed by atoms with E-state index in [1.807, 2.05) is 12.1 Å². The Morgan fingerprint density at radius 3 is 2.38 bits per heavy atom. The van der Waals surface area contributed by atoms with Crippen molar-refractivity contribution < 1.29 is 5.11 Å². The van der Waals surface area contributed by atoms with Crippen molar-refractivity contribution in [1.82, 2.24) is 0 Å². The Labute approximate surface area is 88.9 Å². The molecule has 1 aromatic carbocycles. The topological polar surface area (TPSA) is 46.2 Å². The van der Waals surface area contributed by atoms with E-state index in [4.69, 9.17) is 10.8 Å². The molecule has 1 aromatic rings. The molecule has 0 atom stereocenters. The van der Waals surface area contributed by atoms with Crippen LogP contribution in [0.1, 0.15) is 6.42 Å². The summed E-state index contributed by atoms with van der Waals surface area (Å²) in [5.74, 6) is 1.36. The van der Waals surface area contributed by atoms with Crippen molar-refractivity contribution in [3.05, 3.63) is 24.3 Å². The largest absolute Gasteiger partial charge is 0.508 e. The summed E-state index contributed by atoms with van der Waals surface area (Å²) in [5.41, 5.74) is 5.36. The number of benzene rings is 1. The maximum atomic E-state index is 9.00. The van der Waals surface area contributed by atoms with Crippen LogP contribution in [0.2, 0.25) is 0 Å². The van der Waals surface area contributed by atoms with E-state index in [1.165, 1.54) is 4.90 Å². The summed E-state index contributed by atoms with van der Waals surface area (Å²) in [6.07, 6.45) is 1.03. The second-order valence-electron chi connectivity index (χ2n) is 2.48. The van der Waals surface area contributed by atoms with Crippen molar-refractivity contribution in [2.24, 2.45) is 5.73 Å². The zero-order valence-corrected chi connectivity index (χ0v) is 8.90. The monoisotopic (exact) mass is 219 g/mol. The molecule has 0 aliphatic carbocycles. The molecule has 0 spiro atoms. The lowest BCUT2D eigenvalue weighted by Crippen LogP contribution is -1.99. The van der Waals surface area contributed by atoms with E-state index in [-0.39, 0.29) is 12.4 Å². The molecule has 0 heterocycles. The van der Waals surface area contributed by atoms with E-state index in [1.54, 1.807) is 23.9 Å².